The van der Waals surface area contributed by atoms with Crippen LogP contribution >= 0.6 is 0 Å². The van der Waals surface area contributed by atoms with Crippen LogP contribution in [-0.4, -0.2) is 8.07 Å². The molecule has 11 aromatic rings. The first-order valence-electron chi connectivity index (χ1n) is 24.4. The maximum atomic E-state index is 2.51. The second-order valence-electron chi connectivity index (χ2n) is 18.9. The fourth-order valence-corrected chi connectivity index (χ4v) is 17.1. The van der Waals surface area contributed by atoms with Crippen LogP contribution in [-0.2, 0) is 5.41 Å². The van der Waals surface area contributed by atoms with E-state index in [0.29, 0.717) is 0 Å². The summed E-state index contributed by atoms with van der Waals surface area (Å²) >= 11 is 0. The minimum atomic E-state index is -2.78. The van der Waals surface area contributed by atoms with Crippen molar-refractivity contribution in [2.45, 2.75) is 12.3 Å². The Morgan fingerprint density at radius 2 is 0.771 bits per heavy atom. The van der Waals surface area contributed by atoms with E-state index >= 15 is 0 Å². The topological polar surface area (TPSA) is 3.24 Å². The second kappa shape index (κ2) is 16.9. The van der Waals surface area contributed by atoms with Gasteiger partial charge in [0.2, 0.25) is 0 Å². The summed E-state index contributed by atoms with van der Waals surface area (Å²) in [6.07, 6.45) is 0. The van der Waals surface area contributed by atoms with Gasteiger partial charge in [-0.1, -0.05) is 231 Å². The highest BCUT2D eigenvalue weighted by Gasteiger charge is 2.48. The van der Waals surface area contributed by atoms with Gasteiger partial charge in [0, 0.05) is 22.5 Å². The van der Waals surface area contributed by atoms with Crippen LogP contribution in [0.25, 0.3) is 55.6 Å². The standard InChI is InChI=1S/C68H49NSi/c1-68(54-25-10-4-11-26-54)64-34-17-14-31-60(64)61-42-39-51(46-65(61)68)50-37-40-55(41-38-50)69(57-44-52(48-21-6-2-7-22-48)43-53(45-57)49-23-8-3-9-24-49)56-27-20-30-59(47-56)70(58-28-12-5-13-29-58)66-35-18-15-32-62(66)63-33-16-19-36-67(63)70/h2-47H,1H3. The van der Waals surface area contributed by atoms with E-state index in [1.54, 1.807) is 0 Å². The molecular formula is C68H49NSi. The molecule has 0 saturated carbocycles. The van der Waals surface area contributed by atoms with E-state index in [2.05, 4.69) is 291 Å². The summed E-state index contributed by atoms with van der Waals surface area (Å²) < 4.78 is 0. The van der Waals surface area contributed by atoms with E-state index in [9.17, 15) is 0 Å². The van der Waals surface area contributed by atoms with Gasteiger partial charge in [-0.05, 0) is 149 Å². The zero-order valence-electron chi connectivity index (χ0n) is 39.0. The lowest BCUT2D eigenvalue weighted by Gasteiger charge is -2.33. The summed E-state index contributed by atoms with van der Waals surface area (Å²) in [5, 5.41) is 5.62. The molecule has 1 unspecified atom stereocenters. The quantitative estimate of drug-likeness (QED) is 0.130. The van der Waals surface area contributed by atoms with Crippen LogP contribution in [0.5, 0.6) is 0 Å². The Morgan fingerprint density at radius 1 is 0.286 bits per heavy atom. The molecule has 1 nitrogen and oxygen atoms in total. The first-order valence-corrected chi connectivity index (χ1v) is 26.4. The molecular weight excluding hydrogens is 859 g/mol. The molecule has 70 heavy (non-hydrogen) atoms. The van der Waals surface area contributed by atoms with Crippen molar-refractivity contribution in [2.24, 2.45) is 0 Å². The Bertz CT molecular complexity index is 3610. The molecule has 0 aromatic heterocycles. The van der Waals surface area contributed by atoms with Gasteiger partial charge >= 0.3 is 0 Å². The number of hydrogen-bond donors (Lipinski definition) is 0. The Balaban J connectivity index is 1.00. The maximum absolute atomic E-state index is 2.78. The van der Waals surface area contributed by atoms with Gasteiger partial charge in [-0.2, -0.15) is 0 Å². The minimum absolute atomic E-state index is 0.272. The Hall–Kier alpha value is -8.56. The van der Waals surface area contributed by atoms with Gasteiger partial charge in [0.15, 0.2) is 8.07 Å². The lowest BCUT2D eigenvalue weighted by Crippen LogP contribution is -2.72. The predicted octanol–water partition coefficient (Wildman–Crippen LogP) is 14.8. The smallest absolute Gasteiger partial charge is 0.180 e. The Labute approximate surface area is 412 Å². The SMILES string of the molecule is CC1(c2ccccc2)c2ccccc2-c2ccc(-c3ccc(N(c4cc(-c5ccccc5)cc(-c5ccccc5)c4)c4cccc([Si]5(c6ccccc6)c6ccccc6-c6ccccc65)c4)cc3)cc21. The monoisotopic (exact) mass is 907 g/mol. The molecule has 0 spiro atoms. The molecule has 1 aliphatic heterocycles. The highest BCUT2D eigenvalue weighted by molar-refractivity contribution is 7.22. The van der Waals surface area contributed by atoms with Crippen LogP contribution < -0.4 is 25.6 Å². The minimum Gasteiger partial charge on any atom is -0.310 e. The van der Waals surface area contributed by atoms with E-state index in [0.717, 1.165) is 17.1 Å². The molecule has 2 heteroatoms. The molecule has 0 radical (unpaired) electrons. The molecule has 330 valence electrons. The van der Waals surface area contributed by atoms with E-state index in [1.165, 1.54) is 93.1 Å². The molecule has 1 heterocycles. The third kappa shape index (κ3) is 6.59. The van der Waals surface area contributed by atoms with Crippen molar-refractivity contribution in [3.63, 3.8) is 0 Å². The van der Waals surface area contributed by atoms with Gasteiger partial charge in [-0.25, -0.2) is 0 Å². The summed E-state index contributed by atoms with van der Waals surface area (Å²) in [6, 6.07) is 104. The van der Waals surface area contributed by atoms with Crippen molar-refractivity contribution >= 4 is 45.9 Å². The van der Waals surface area contributed by atoms with Gasteiger partial charge in [-0.3, -0.25) is 0 Å². The van der Waals surface area contributed by atoms with Gasteiger partial charge in [0.25, 0.3) is 0 Å². The molecule has 0 N–H and O–H groups in total. The fourth-order valence-electron chi connectivity index (χ4n) is 11.9. The number of anilines is 3. The molecule has 1 aliphatic carbocycles. The molecule has 1 atom stereocenters. The largest absolute Gasteiger partial charge is 0.310 e. The highest BCUT2D eigenvalue weighted by Crippen LogP contribution is 2.53. The summed E-state index contributed by atoms with van der Waals surface area (Å²) in [5.41, 5.74) is 19.5. The zero-order chi connectivity index (χ0) is 46.7. The molecule has 0 fully saturated rings. The van der Waals surface area contributed by atoms with E-state index in [1.807, 2.05) is 0 Å². The lowest BCUT2D eigenvalue weighted by atomic mass is 9.74. The number of benzene rings is 11. The molecule has 0 saturated heterocycles. The number of nitrogens with zero attached hydrogens (tertiary/aromatic N) is 1. The van der Waals surface area contributed by atoms with Crippen LogP contribution in [0, 0.1) is 0 Å². The van der Waals surface area contributed by atoms with Crippen molar-refractivity contribution in [3.8, 4) is 55.6 Å². The lowest BCUT2D eigenvalue weighted by molar-refractivity contribution is 0.714. The number of rotatable bonds is 9. The normalized spacial score (nSPS) is 14.8. The first-order chi connectivity index (χ1) is 34.6. The first kappa shape index (κ1) is 41.6. The van der Waals surface area contributed by atoms with Gasteiger partial charge in [0.1, 0.15) is 0 Å². The average molecular weight is 908 g/mol. The average Bonchev–Trinajstić information content (AvgIpc) is 3.89. The zero-order valence-corrected chi connectivity index (χ0v) is 40.0. The molecule has 11 aromatic carbocycles. The predicted molar refractivity (Wildman–Crippen MR) is 297 cm³/mol. The number of fused-ring (bicyclic) bond motifs is 6. The van der Waals surface area contributed by atoms with Crippen molar-refractivity contribution in [3.05, 3.63) is 296 Å². The molecule has 0 amide bonds. The van der Waals surface area contributed by atoms with Crippen LogP contribution in [0.3, 0.4) is 0 Å². The van der Waals surface area contributed by atoms with Crippen LogP contribution in [0.4, 0.5) is 17.1 Å². The summed E-state index contributed by atoms with van der Waals surface area (Å²) in [4.78, 5) is 2.48. The van der Waals surface area contributed by atoms with Crippen LogP contribution in [0.15, 0.2) is 279 Å². The number of hydrogen-bond acceptors (Lipinski definition) is 1. The maximum Gasteiger partial charge on any atom is 0.180 e. The van der Waals surface area contributed by atoms with Crippen molar-refractivity contribution in [2.75, 3.05) is 4.90 Å². The van der Waals surface area contributed by atoms with Crippen LogP contribution in [0.1, 0.15) is 23.6 Å². The third-order valence-electron chi connectivity index (χ3n) is 15.2. The fraction of sp³-hybridized carbons (Fsp3) is 0.0294. The van der Waals surface area contributed by atoms with Gasteiger partial charge in [-0.15, -0.1) is 0 Å². The van der Waals surface area contributed by atoms with Gasteiger partial charge in [0.05, 0.1) is 0 Å². The molecule has 0 bridgehead atoms. The van der Waals surface area contributed by atoms with Crippen molar-refractivity contribution in [1.29, 1.82) is 0 Å². The molecule has 2 aliphatic rings. The Morgan fingerprint density at radius 3 is 1.40 bits per heavy atom. The van der Waals surface area contributed by atoms with E-state index in [-0.39, 0.29) is 5.41 Å². The Kier molecular flexibility index (Phi) is 10.0. The van der Waals surface area contributed by atoms with Crippen molar-refractivity contribution < 1.29 is 0 Å². The summed E-state index contributed by atoms with van der Waals surface area (Å²) in [7, 11) is -2.78. The second-order valence-corrected chi connectivity index (χ2v) is 22.7. The van der Waals surface area contributed by atoms with E-state index < -0.39 is 8.07 Å². The van der Waals surface area contributed by atoms with E-state index in [4.69, 9.17) is 0 Å². The van der Waals surface area contributed by atoms with Crippen molar-refractivity contribution in [1.82, 2.24) is 0 Å². The highest BCUT2D eigenvalue weighted by atomic mass is 28.3. The summed E-state index contributed by atoms with van der Waals surface area (Å²) in [5.74, 6) is 0. The van der Waals surface area contributed by atoms with Gasteiger partial charge < -0.3 is 4.90 Å². The third-order valence-corrected chi connectivity index (χ3v) is 20.1. The van der Waals surface area contributed by atoms with Crippen LogP contribution in [0.2, 0.25) is 0 Å². The summed E-state index contributed by atoms with van der Waals surface area (Å²) in [6.45, 7) is 2.40. The molecule has 13 rings (SSSR count).